The molecule has 2 N–H and O–H groups in total. The molecule has 0 aliphatic heterocycles. The van der Waals surface area contributed by atoms with Crippen LogP contribution in [0.5, 0.6) is 0 Å². The summed E-state index contributed by atoms with van der Waals surface area (Å²) < 4.78 is 63.9. The number of rotatable bonds is 7. The van der Waals surface area contributed by atoms with E-state index in [9.17, 15) is 26.4 Å². The molecule has 0 bridgehead atoms. The number of carbonyl (C=O) groups is 1. The van der Waals surface area contributed by atoms with E-state index in [1.807, 2.05) is 18.2 Å². The molecule has 0 heterocycles. The van der Waals surface area contributed by atoms with Crippen molar-refractivity contribution in [2.75, 3.05) is 19.3 Å². The minimum absolute atomic E-state index is 0.0885. The molecule has 0 radical (unpaired) electrons. The van der Waals surface area contributed by atoms with E-state index in [2.05, 4.69) is 0 Å². The summed E-state index contributed by atoms with van der Waals surface area (Å²) in [5.41, 5.74) is 7.20. The molecule has 2 aromatic carbocycles. The van der Waals surface area contributed by atoms with E-state index in [0.29, 0.717) is 42.8 Å². The first kappa shape index (κ1) is 26.5. The Morgan fingerprint density at radius 1 is 1.15 bits per heavy atom. The Labute approximate surface area is 203 Å². The third-order valence-electron chi connectivity index (χ3n) is 6.65. The highest BCUT2D eigenvalue weighted by Gasteiger charge is 2.46. The van der Waals surface area contributed by atoms with Crippen molar-refractivity contribution in [3.63, 3.8) is 0 Å². The molecule has 2 aromatic rings. The van der Waals surface area contributed by atoms with Gasteiger partial charge in [-0.15, -0.1) is 0 Å². The number of nitrogens with zero attached hydrogens (tertiary/aromatic N) is 1. The third-order valence-corrected chi connectivity index (χ3v) is 8.00. The van der Waals surface area contributed by atoms with Crippen molar-refractivity contribution in [3.8, 4) is 0 Å². The Balaban J connectivity index is 1.79. The molecule has 1 amide bonds. The standard InChI is InChI=1S/C24H28ClF3N2O3S/c1-34(32,33)21-7-2-4-17(14-21)10-13-30(22(31)24(26,27)28)20-8-11-23(16-29,12-9-20)18-5-3-6-19(25)15-18/h2-7,14-15,20H,8-13,16,29H2,1H3. The van der Waals surface area contributed by atoms with Gasteiger partial charge in [-0.25, -0.2) is 8.42 Å². The Bertz CT molecular complexity index is 1130. The van der Waals surface area contributed by atoms with E-state index in [1.165, 1.54) is 12.1 Å². The number of sulfone groups is 1. The number of amides is 1. The Kier molecular flexibility index (Phi) is 7.99. The minimum atomic E-state index is -5.00. The van der Waals surface area contributed by atoms with E-state index in [4.69, 9.17) is 17.3 Å². The van der Waals surface area contributed by atoms with Crippen LogP contribution in [0, 0.1) is 0 Å². The molecule has 5 nitrogen and oxygen atoms in total. The SMILES string of the molecule is CS(=O)(=O)c1cccc(CCN(C(=O)C(F)(F)F)C2CCC(CN)(c3cccc(Cl)c3)CC2)c1. The van der Waals surface area contributed by atoms with Gasteiger partial charge in [-0.1, -0.05) is 35.9 Å². The number of carbonyl (C=O) groups excluding carboxylic acids is 1. The molecule has 0 aromatic heterocycles. The van der Waals surface area contributed by atoms with E-state index in [1.54, 1.807) is 18.2 Å². The van der Waals surface area contributed by atoms with Crippen LogP contribution in [0.25, 0.3) is 0 Å². The molecule has 1 fully saturated rings. The van der Waals surface area contributed by atoms with Gasteiger partial charge in [-0.05, 0) is 67.5 Å². The zero-order chi connectivity index (χ0) is 25.1. The first-order valence-corrected chi connectivity index (χ1v) is 13.3. The van der Waals surface area contributed by atoms with Gasteiger partial charge in [0, 0.05) is 35.8 Å². The van der Waals surface area contributed by atoms with Crippen LogP contribution in [0.1, 0.15) is 36.8 Å². The summed E-state index contributed by atoms with van der Waals surface area (Å²) in [5, 5.41) is 0.567. The molecule has 1 saturated carbocycles. The molecular formula is C24H28ClF3N2O3S. The van der Waals surface area contributed by atoms with Gasteiger partial charge >= 0.3 is 12.1 Å². The second kappa shape index (κ2) is 10.3. The Morgan fingerprint density at radius 2 is 1.79 bits per heavy atom. The van der Waals surface area contributed by atoms with Crippen LogP contribution in [0.2, 0.25) is 5.02 Å². The van der Waals surface area contributed by atoms with Gasteiger partial charge in [0.05, 0.1) is 4.90 Å². The molecule has 34 heavy (non-hydrogen) atoms. The lowest BCUT2D eigenvalue weighted by atomic mass is 9.68. The number of benzene rings is 2. The summed E-state index contributed by atoms with van der Waals surface area (Å²) in [5.74, 6) is -1.88. The first-order chi connectivity index (χ1) is 15.9. The van der Waals surface area contributed by atoms with Crippen molar-refractivity contribution < 1.29 is 26.4 Å². The minimum Gasteiger partial charge on any atom is -0.332 e. The summed E-state index contributed by atoms with van der Waals surface area (Å²) >= 11 is 6.14. The summed E-state index contributed by atoms with van der Waals surface area (Å²) in [6.45, 7) is 0.161. The largest absolute Gasteiger partial charge is 0.471 e. The van der Waals surface area contributed by atoms with Crippen molar-refractivity contribution in [1.29, 1.82) is 0 Å². The van der Waals surface area contributed by atoms with Crippen LogP contribution in [0.3, 0.4) is 0 Å². The number of hydrogen-bond donors (Lipinski definition) is 1. The lowest BCUT2D eigenvalue weighted by Crippen LogP contribution is -2.51. The average molecular weight is 517 g/mol. The fourth-order valence-corrected chi connectivity index (χ4v) is 5.57. The fourth-order valence-electron chi connectivity index (χ4n) is 4.69. The molecule has 186 valence electrons. The Morgan fingerprint density at radius 3 is 2.35 bits per heavy atom. The first-order valence-electron chi connectivity index (χ1n) is 11.0. The number of nitrogens with two attached hydrogens (primary N) is 1. The molecular weight excluding hydrogens is 489 g/mol. The van der Waals surface area contributed by atoms with E-state index < -0.39 is 33.4 Å². The summed E-state index contributed by atoms with van der Waals surface area (Å²) in [6.07, 6.45) is -2.03. The number of alkyl halides is 3. The highest BCUT2D eigenvalue weighted by atomic mass is 35.5. The Hall–Kier alpha value is -2.10. The number of hydrogen-bond acceptors (Lipinski definition) is 4. The topological polar surface area (TPSA) is 80.5 Å². The predicted octanol–water partition coefficient (Wildman–Crippen LogP) is 4.52. The van der Waals surface area contributed by atoms with Gasteiger partial charge in [0.1, 0.15) is 0 Å². The molecule has 1 aliphatic rings. The summed E-state index contributed by atoms with van der Waals surface area (Å²) in [6, 6.07) is 12.8. The second-order valence-electron chi connectivity index (χ2n) is 8.89. The van der Waals surface area contributed by atoms with Crippen LogP contribution in [-0.4, -0.2) is 50.8 Å². The molecule has 3 rings (SSSR count). The molecule has 1 aliphatic carbocycles. The van der Waals surface area contributed by atoms with Crippen molar-refractivity contribution in [3.05, 3.63) is 64.7 Å². The normalized spacial score (nSPS) is 21.3. The second-order valence-corrected chi connectivity index (χ2v) is 11.3. The van der Waals surface area contributed by atoms with E-state index in [-0.39, 0.29) is 17.9 Å². The van der Waals surface area contributed by atoms with Gasteiger partial charge in [0.2, 0.25) is 0 Å². The molecule has 0 saturated heterocycles. The lowest BCUT2D eigenvalue weighted by Gasteiger charge is -2.43. The smallest absolute Gasteiger partial charge is 0.332 e. The van der Waals surface area contributed by atoms with Crippen LogP contribution in [0.4, 0.5) is 13.2 Å². The van der Waals surface area contributed by atoms with Crippen molar-refractivity contribution in [1.82, 2.24) is 4.90 Å². The van der Waals surface area contributed by atoms with Crippen LogP contribution in [-0.2, 0) is 26.5 Å². The summed E-state index contributed by atoms with van der Waals surface area (Å²) in [7, 11) is -3.45. The molecule has 0 unspecified atom stereocenters. The van der Waals surface area contributed by atoms with E-state index >= 15 is 0 Å². The van der Waals surface area contributed by atoms with Crippen molar-refractivity contribution in [2.24, 2.45) is 5.73 Å². The van der Waals surface area contributed by atoms with Crippen LogP contribution < -0.4 is 5.73 Å². The zero-order valence-electron chi connectivity index (χ0n) is 18.8. The molecule has 0 atom stereocenters. The maximum Gasteiger partial charge on any atom is 0.471 e. The molecule has 10 heteroatoms. The van der Waals surface area contributed by atoms with Crippen molar-refractivity contribution >= 4 is 27.3 Å². The quantitative estimate of drug-likeness (QED) is 0.587. The highest BCUT2D eigenvalue weighted by Crippen LogP contribution is 2.41. The zero-order valence-corrected chi connectivity index (χ0v) is 20.4. The lowest BCUT2D eigenvalue weighted by molar-refractivity contribution is -0.188. The van der Waals surface area contributed by atoms with Gasteiger partial charge in [-0.2, -0.15) is 13.2 Å². The highest BCUT2D eigenvalue weighted by molar-refractivity contribution is 7.90. The predicted molar refractivity (Wildman–Crippen MR) is 125 cm³/mol. The number of halogens is 4. The van der Waals surface area contributed by atoms with Crippen LogP contribution >= 0.6 is 11.6 Å². The fraction of sp³-hybridized carbons (Fsp3) is 0.458. The van der Waals surface area contributed by atoms with Gasteiger partial charge in [0.15, 0.2) is 9.84 Å². The maximum absolute atomic E-state index is 13.4. The maximum atomic E-state index is 13.4. The van der Waals surface area contributed by atoms with E-state index in [0.717, 1.165) is 16.7 Å². The van der Waals surface area contributed by atoms with Crippen molar-refractivity contribution in [2.45, 2.75) is 54.6 Å². The molecule has 0 spiro atoms. The van der Waals surface area contributed by atoms with Gasteiger partial charge in [0.25, 0.3) is 0 Å². The average Bonchev–Trinajstić information content (AvgIpc) is 2.78. The monoisotopic (exact) mass is 516 g/mol. The van der Waals surface area contributed by atoms with Gasteiger partial charge in [-0.3, -0.25) is 4.79 Å². The summed E-state index contributed by atoms with van der Waals surface area (Å²) in [4.78, 5) is 13.3. The third kappa shape index (κ3) is 6.12. The van der Waals surface area contributed by atoms with Gasteiger partial charge < -0.3 is 10.6 Å². The van der Waals surface area contributed by atoms with Crippen LogP contribution in [0.15, 0.2) is 53.4 Å².